The minimum atomic E-state index is -0.125. The van der Waals surface area contributed by atoms with E-state index >= 15 is 0 Å². The zero-order valence-electron chi connectivity index (χ0n) is 13.7. The highest BCUT2D eigenvalue weighted by atomic mass is 35.5. The van der Waals surface area contributed by atoms with Crippen LogP contribution in [0.5, 0.6) is 0 Å². The molecule has 0 saturated carbocycles. The molecule has 0 aliphatic rings. The summed E-state index contributed by atoms with van der Waals surface area (Å²) < 4.78 is 1.69. The quantitative estimate of drug-likeness (QED) is 0.386. The minimum absolute atomic E-state index is 0.125. The van der Waals surface area contributed by atoms with E-state index < -0.39 is 0 Å². The molecule has 1 aromatic heterocycles. The molecule has 1 heterocycles. The lowest BCUT2D eigenvalue weighted by Crippen LogP contribution is -2.05. The van der Waals surface area contributed by atoms with E-state index in [4.69, 9.17) is 11.6 Å². The minimum Gasteiger partial charge on any atom is -0.289 e. The first-order chi connectivity index (χ1) is 12.7. The number of rotatable bonds is 4. The van der Waals surface area contributed by atoms with Crippen LogP contribution in [-0.2, 0) is 0 Å². The molecule has 26 heavy (non-hydrogen) atoms. The largest absolute Gasteiger partial charge is 0.289 e. The maximum absolute atomic E-state index is 12.8. The van der Waals surface area contributed by atoms with Crippen LogP contribution in [0.15, 0.2) is 84.9 Å². The van der Waals surface area contributed by atoms with Crippen molar-refractivity contribution in [2.45, 2.75) is 0 Å². The van der Waals surface area contributed by atoms with Crippen LogP contribution in [0, 0.1) is 0 Å². The van der Waals surface area contributed by atoms with Gasteiger partial charge in [0.2, 0.25) is 0 Å². The number of halogens is 1. The van der Waals surface area contributed by atoms with E-state index in [1.54, 1.807) is 35.0 Å². The van der Waals surface area contributed by atoms with Gasteiger partial charge in [-0.3, -0.25) is 4.79 Å². The fraction of sp³-hybridized carbons (Fsp3) is 0. The third-order valence-electron chi connectivity index (χ3n) is 4.05. The first-order valence-electron chi connectivity index (χ1n) is 8.10. The van der Waals surface area contributed by atoms with Gasteiger partial charge in [-0.05, 0) is 36.4 Å². The van der Waals surface area contributed by atoms with Gasteiger partial charge in [-0.2, -0.15) is 0 Å². The summed E-state index contributed by atoms with van der Waals surface area (Å²) in [5.74, 6) is -0.125. The molecule has 0 aliphatic carbocycles. The monoisotopic (exact) mass is 359 g/mol. The lowest BCUT2D eigenvalue weighted by Gasteiger charge is -2.09. The lowest BCUT2D eigenvalue weighted by molar-refractivity contribution is 0.104. The fourth-order valence-corrected chi connectivity index (χ4v) is 2.87. The van der Waals surface area contributed by atoms with Gasteiger partial charge in [-0.25, -0.2) is 4.68 Å². The molecule has 5 heteroatoms. The summed E-state index contributed by atoms with van der Waals surface area (Å²) in [7, 11) is 0. The van der Waals surface area contributed by atoms with Crippen molar-refractivity contribution < 1.29 is 4.79 Å². The molecule has 0 aliphatic heterocycles. The number of aromatic nitrogens is 3. The van der Waals surface area contributed by atoms with Gasteiger partial charge in [0.25, 0.3) is 0 Å². The fourth-order valence-electron chi connectivity index (χ4n) is 2.74. The van der Waals surface area contributed by atoms with E-state index in [1.807, 2.05) is 54.6 Å². The van der Waals surface area contributed by atoms with E-state index in [1.165, 1.54) is 0 Å². The van der Waals surface area contributed by atoms with Gasteiger partial charge in [0.1, 0.15) is 5.52 Å². The van der Waals surface area contributed by atoms with Crippen molar-refractivity contribution in [2.75, 3.05) is 0 Å². The Bertz CT molecular complexity index is 1100. The molecule has 0 spiro atoms. The zero-order chi connectivity index (χ0) is 17.9. The maximum atomic E-state index is 12.8. The van der Waals surface area contributed by atoms with Crippen LogP contribution in [0.25, 0.3) is 16.7 Å². The van der Waals surface area contributed by atoms with Gasteiger partial charge in [-0.15, -0.1) is 5.10 Å². The van der Waals surface area contributed by atoms with Gasteiger partial charge in [0.15, 0.2) is 5.78 Å². The van der Waals surface area contributed by atoms with E-state index in [-0.39, 0.29) is 5.78 Å². The first-order valence-corrected chi connectivity index (χ1v) is 8.48. The van der Waals surface area contributed by atoms with Gasteiger partial charge in [0, 0.05) is 22.2 Å². The van der Waals surface area contributed by atoms with Crippen LogP contribution in [-0.4, -0.2) is 20.8 Å². The Kier molecular flexibility index (Phi) is 4.33. The molecule has 0 radical (unpaired) electrons. The van der Waals surface area contributed by atoms with E-state index in [0.717, 1.165) is 16.6 Å². The van der Waals surface area contributed by atoms with Gasteiger partial charge in [-0.1, -0.05) is 59.3 Å². The SMILES string of the molecule is O=C(/C=C(\c1ccccc1)n1nnc2ccccc21)c1ccc(Cl)cc1. The van der Waals surface area contributed by atoms with Crippen molar-refractivity contribution in [1.82, 2.24) is 15.0 Å². The molecule has 0 amide bonds. The molecule has 3 aromatic carbocycles. The van der Waals surface area contributed by atoms with Gasteiger partial charge < -0.3 is 0 Å². The molecule has 4 aromatic rings. The third kappa shape index (κ3) is 3.15. The van der Waals surface area contributed by atoms with Crippen LogP contribution in [0.3, 0.4) is 0 Å². The van der Waals surface area contributed by atoms with Gasteiger partial charge in [0.05, 0.1) is 11.2 Å². The van der Waals surface area contributed by atoms with Crippen molar-refractivity contribution in [1.29, 1.82) is 0 Å². The standard InChI is InChI=1S/C21H14ClN3O/c22-17-12-10-16(11-13-17)21(26)14-20(15-6-2-1-3-7-15)25-19-9-5-4-8-18(19)23-24-25/h1-14H/b20-14+. The molecule has 0 atom stereocenters. The van der Waals surface area contributed by atoms with Crippen molar-refractivity contribution in [3.05, 3.63) is 101 Å². The average Bonchev–Trinajstić information content (AvgIpc) is 3.11. The molecule has 0 N–H and O–H groups in total. The highest BCUT2D eigenvalue weighted by Crippen LogP contribution is 2.22. The summed E-state index contributed by atoms with van der Waals surface area (Å²) in [6, 6.07) is 24.2. The third-order valence-corrected chi connectivity index (χ3v) is 4.30. The number of hydrogen-bond donors (Lipinski definition) is 0. The molecule has 126 valence electrons. The molecular formula is C21H14ClN3O. The highest BCUT2D eigenvalue weighted by Gasteiger charge is 2.13. The van der Waals surface area contributed by atoms with Crippen LogP contribution >= 0.6 is 11.6 Å². The van der Waals surface area contributed by atoms with E-state index in [2.05, 4.69) is 10.3 Å². The molecule has 0 fully saturated rings. The summed E-state index contributed by atoms with van der Waals surface area (Å²) in [5.41, 5.74) is 3.72. The Balaban J connectivity index is 1.86. The second-order valence-corrected chi connectivity index (χ2v) is 6.19. The molecule has 4 rings (SSSR count). The van der Waals surface area contributed by atoms with Crippen LogP contribution < -0.4 is 0 Å². The van der Waals surface area contributed by atoms with Crippen molar-refractivity contribution in [3.8, 4) is 0 Å². The summed E-state index contributed by atoms with van der Waals surface area (Å²) in [4.78, 5) is 12.8. The summed E-state index contributed by atoms with van der Waals surface area (Å²) in [6.07, 6.45) is 1.58. The molecule has 0 saturated heterocycles. The number of fused-ring (bicyclic) bond motifs is 1. The molecular weight excluding hydrogens is 346 g/mol. The van der Waals surface area contributed by atoms with Crippen LogP contribution in [0.1, 0.15) is 15.9 Å². The van der Waals surface area contributed by atoms with Crippen LogP contribution in [0.4, 0.5) is 0 Å². The maximum Gasteiger partial charge on any atom is 0.188 e. The Morgan fingerprint density at radius 1 is 0.846 bits per heavy atom. The summed E-state index contributed by atoms with van der Waals surface area (Å²) in [5, 5.41) is 9.05. The second kappa shape index (κ2) is 6.94. The predicted octanol–water partition coefficient (Wildman–Crippen LogP) is 4.86. The Morgan fingerprint density at radius 3 is 2.31 bits per heavy atom. The predicted molar refractivity (Wildman–Crippen MR) is 103 cm³/mol. The number of hydrogen-bond acceptors (Lipinski definition) is 3. The van der Waals surface area contributed by atoms with E-state index in [0.29, 0.717) is 16.3 Å². The average molecular weight is 360 g/mol. The Hall–Kier alpha value is -3.24. The van der Waals surface area contributed by atoms with E-state index in [9.17, 15) is 4.79 Å². The molecule has 0 bridgehead atoms. The normalized spacial score (nSPS) is 11.7. The summed E-state index contributed by atoms with van der Waals surface area (Å²) in [6.45, 7) is 0. The van der Waals surface area contributed by atoms with Gasteiger partial charge >= 0.3 is 0 Å². The number of para-hydroxylation sites is 1. The van der Waals surface area contributed by atoms with Crippen molar-refractivity contribution in [2.24, 2.45) is 0 Å². The van der Waals surface area contributed by atoms with Crippen molar-refractivity contribution in [3.63, 3.8) is 0 Å². The lowest BCUT2D eigenvalue weighted by atomic mass is 10.1. The second-order valence-electron chi connectivity index (χ2n) is 5.76. The molecule has 0 unspecified atom stereocenters. The highest BCUT2D eigenvalue weighted by molar-refractivity contribution is 6.30. The number of ketones is 1. The zero-order valence-corrected chi connectivity index (χ0v) is 14.5. The van der Waals surface area contributed by atoms with Crippen LogP contribution in [0.2, 0.25) is 5.02 Å². The topological polar surface area (TPSA) is 47.8 Å². The number of allylic oxidation sites excluding steroid dienone is 1. The van der Waals surface area contributed by atoms with Crippen molar-refractivity contribution >= 4 is 34.1 Å². The number of benzene rings is 3. The smallest absolute Gasteiger partial charge is 0.188 e. The molecule has 4 nitrogen and oxygen atoms in total. The Labute approximate surface area is 155 Å². The first kappa shape index (κ1) is 16.2. The Morgan fingerprint density at radius 2 is 1.54 bits per heavy atom. The number of carbonyl (C=O) groups is 1. The number of carbonyl (C=O) groups excluding carboxylic acids is 1. The number of nitrogens with zero attached hydrogens (tertiary/aromatic N) is 3. The summed E-state index contributed by atoms with van der Waals surface area (Å²) >= 11 is 5.92.